The van der Waals surface area contributed by atoms with Gasteiger partial charge in [0.1, 0.15) is 11.4 Å². The largest absolute Gasteiger partial charge is 0.439 e. The van der Waals surface area contributed by atoms with Crippen molar-refractivity contribution in [2.75, 3.05) is 19.6 Å². The van der Waals surface area contributed by atoms with Gasteiger partial charge in [0, 0.05) is 62.0 Å². The number of hydrogen-bond donors (Lipinski definition) is 3. The lowest BCUT2D eigenvalue weighted by Gasteiger charge is -2.42. The second-order valence-corrected chi connectivity index (χ2v) is 10.9. The Morgan fingerprint density at radius 1 is 1.11 bits per heavy atom. The number of aromatic nitrogens is 2. The standard InChI is InChI=1S/C28H34N6O3/c1-28(2,36)27(35)33-16-21-6-7-22(17-33)34(21)15-20-5-3-18-13-23(8-9-24(18)31-20)37-26-10-4-19(14-29-26)25-11-12-30-32-25/h3-5,8-10,13-14,21-22,25,30,32,36H,6-7,11-12,15-17H2,1-2H3. The summed E-state index contributed by atoms with van der Waals surface area (Å²) in [6, 6.07) is 14.9. The van der Waals surface area contributed by atoms with E-state index in [4.69, 9.17) is 9.72 Å². The molecule has 37 heavy (non-hydrogen) atoms. The molecule has 1 aromatic carbocycles. The number of hydrazine groups is 1. The monoisotopic (exact) mass is 502 g/mol. The number of carbonyl (C=O) groups is 1. The minimum atomic E-state index is -1.33. The third-order valence-corrected chi connectivity index (χ3v) is 7.73. The van der Waals surface area contributed by atoms with Crippen molar-refractivity contribution in [2.24, 2.45) is 0 Å². The molecule has 3 aromatic rings. The van der Waals surface area contributed by atoms with E-state index in [1.54, 1.807) is 13.8 Å². The maximum Gasteiger partial charge on any atom is 0.254 e. The first-order valence-electron chi connectivity index (χ1n) is 13.1. The number of likely N-dealkylation sites (tertiary alicyclic amines) is 1. The predicted octanol–water partition coefficient (Wildman–Crippen LogP) is 2.91. The van der Waals surface area contributed by atoms with Crippen molar-refractivity contribution in [1.82, 2.24) is 30.6 Å². The molecule has 9 nitrogen and oxygen atoms in total. The maximum atomic E-state index is 12.6. The molecule has 0 saturated carbocycles. The number of carbonyl (C=O) groups excluding carboxylic acids is 1. The zero-order valence-electron chi connectivity index (χ0n) is 21.4. The summed E-state index contributed by atoms with van der Waals surface area (Å²) >= 11 is 0. The van der Waals surface area contributed by atoms with Gasteiger partial charge in [-0.15, -0.1) is 0 Å². The molecule has 3 fully saturated rings. The summed E-state index contributed by atoms with van der Waals surface area (Å²) in [5, 5.41) is 11.2. The van der Waals surface area contributed by atoms with Gasteiger partial charge in [-0.1, -0.05) is 12.1 Å². The third-order valence-electron chi connectivity index (χ3n) is 7.73. The Bertz CT molecular complexity index is 1270. The topological polar surface area (TPSA) is 103 Å². The fraction of sp³-hybridized carbons (Fsp3) is 0.464. The molecule has 3 atom stereocenters. The molecule has 3 aliphatic rings. The number of fused-ring (bicyclic) bond motifs is 3. The number of ether oxygens (including phenoxy) is 1. The van der Waals surface area contributed by atoms with E-state index in [1.807, 2.05) is 35.4 Å². The van der Waals surface area contributed by atoms with E-state index in [2.05, 4.69) is 38.9 Å². The summed E-state index contributed by atoms with van der Waals surface area (Å²) in [4.78, 5) is 26.3. The molecule has 0 spiro atoms. The lowest BCUT2D eigenvalue weighted by molar-refractivity contribution is -0.151. The van der Waals surface area contributed by atoms with Gasteiger partial charge in [-0.3, -0.25) is 25.5 Å². The summed E-state index contributed by atoms with van der Waals surface area (Å²) in [6.07, 6.45) is 5.04. The van der Waals surface area contributed by atoms with Crippen LogP contribution in [-0.2, 0) is 11.3 Å². The van der Waals surface area contributed by atoms with Crippen LogP contribution in [0.2, 0.25) is 0 Å². The van der Waals surface area contributed by atoms with E-state index in [0.29, 0.717) is 31.1 Å². The normalized spacial score (nSPS) is 24.1. The highest BCUT2D eigenvalue weighted by atomic mass is 16.5. The van der Waals surface area contributed by atoms with Crippen molar-refractivity contribution in [3.05, 3.63) is 59.9 Å². The highest BCUT2D eigenvalue weighted by Crippen LogP contribution is 2.33. The first-order valence-corrected chi connectivity index (χ1v) is 13.1. The van der Waals surface area contributed by atoms with E-state index in [-0.39, 0.29) is 11.9 Å². The SMILES string of the molecule is CC(C)(O)C(=O)N1CC2CCC(C1)N2Cc1ccc2cc(Oc3ccc(C4CCNN4)cn3)ccc2n1. The average Bonchev–Trinajstić information content (AvgIpc) is 3.49. The van der Waals surface area contributed by atoms with Crippen LogP contribution in [0.1, 0.15) is 50.4 Å². The van der Waals surface area contributed by atoms with Gasteiger partial charge in [0.05, 0.1) is 11.2 Å². The molecule has 9 heteroatoms. The van der Waals surface area contributed by atoms with Crippen LogP contribution in [0.4, 0.5) is 0 Å². The molecule has 2 aromatic heterocycles. The molecule has 3 unspecified atom stereocenters. The van der Waals surface area contributed by atoms with Crippen LogP contribution >= 0.6 is 0 Å². The number of rotatable bonds is 6. The number of nitrogens with zero attached hydrogens (tertiary/aromatic N) is 4. The molecule has 1 amide bonds. The lowest BCUT2D eigenvalue weighted by Crippen LogP contribution is -2.58. The number of piperazine rings is 1. The van der Waals surface area contributed by atoms with Gasteiger partial charge in [0.2, 0.25) is 5.88 Å². The number of nitrogens with one attached hydrogen (secondary N) is 2. The van der Waals surface area contributed by atoms with E-state index in [9.17, 15) is 9.90 Å². The average molecular weight is 503 g/mol. The van der Waals surface area contributed by atoms with Crippen LogP contribution < -0.4 is 15.6 Å². The first-order chi connectivity index (χ1) is 17.8. The van der Waals surface area contributed by atoms with E-state index >= 15 is 0 Å². The molecular weight excluding hydrogens is 468 g/mol. The molecule has 3 N–H and O–H groups in total. The van der Waals surface area contributed by atoms with Crippen LogP contribution in [0.5, 0.6) is 11.6 Å². The highest BCUT2D eigenvalue weighted by molar-refractivity contribution is 5.84. The molecule has 0 aliphatic carbocycles. The van der Waals surface area contributed by atoms with Gasteiger partial charge >= 0.3 is 0 Å². The van der Waals surface area contributed by atoms with Crippen LogP contribution in [0.25, 0.3) is 10.9 Å². The number of hydrogen-bond acceptors (Lipinski definition) is 8. The zero-order chi connectivity index (χ0) is 25.6. The van der Waals surface area contributed by atoms with Crippen LogP contribution in [0, 0.1) is 0 Å². The molecule has 2 bridgehead atoms. The summed E-state index contributed by atoms with van der Waals surface area (Å²) in [5.41, 5.74) is 8.16. The van der Waals surface area contributed by atoms with E-state index < -0.39 is 5.60 Å². The van der Waals surface area contributed by atoms with Crippen molar-refractivity contribution < 1.29 is 14.6 Å². The summed E-state index contributed by atoms with van der Waals surface area (Å²) < 4.78 is 6.01. The highest BCUT2D eigenvalue weighted by Gasteiger charge is 2.43. The molecule has 3 saturated heterocycles. The van der Waals surface area contributed by atoms with Gasteiger partial charge < -0.3 is 14.7 Å². The van der Waals surface area contributed by atoms with Crippen LogP contribution in [-0.4, -0.2) is 68.1 Å². The minimum absolute atomic E-state index is 0.180. The Morgan fingerprint density at radius 3 is 2.59 bits per heavy atom. The Hall–Kier alpha value is -3.11. The number of amides is 1. The molecule has 0 radical (unpaired) electrons. The van der Waals surface area contributed by atoms with Crippen LogP contribution in [0.15, 0.2) is 48.7 Å². The Labute approximate surface area is 216 Å². The first kappa shape index (κ1) is 24.2. The molecule has 194 valence electrons. The van der Waals surface area contributed by atoms with Gasteiger partial charge in [-0.05, 0) is 62.9 Å². The number of aliphatic hydroxyl groups is 1. The Balaban J connectivity index is 1.11. The summed E-state index contributed by atoms with van der Waals surface area (Å²) in [6.45, 7) is 6.18. The number of benzene rings is 1. The van der Waals surface area contributed by atoms with Crippen molar-refractivity contribution in [1.29, 1.82) is 0 Å². The zero-order valence-corrected chi connectivity index (χ0v) is 21.4. The van der Waals surface area contributed by atoms with Gasteiger partial charge in [0.15, 0.2) is 0 Å². The number of pyridine rings is 2. The van der Waals surface area contributed by atoms with Crippen molar-refractivity contribution in [2.45, 2.75) is 63.4 Å². The maximum absolute atomic E-state index is 12.6. The fourth-order valence-corrected chi connectivity index (χ4v) is 5.80. The van der Waals surface area contributed by atoms with E-state index in [0.717, 1.165) is 60.3 Å². The molecule has 5 heterocycles. The van der Waals surface area contributed by atoms with Crippen LogP contribution in [0.3, 0.4) is 0 Å². The molecule has 6 rings (SSSR count). The molecule has 3 aliphatic heterocycles. The van der Waals surface area contributed by atoms with E-state index in [1.165, 1.54) is 0 Å². The van der Waals surface area contributed by atoms with Crippen molar-refractivity contribution >= 4 is 16.8 Å². The molecular formula is C28H34N6O3. The van der Waals surface area contributed by atoms with Gasteiger partial charge in [-0.25, -0.2) is 4.98 Å². The fourth-order valence-electron chi connectivity index (χ4n) is 5.80. The summed E-state index contributed by atoms with van der Waals surface area (Å²) in [7, 11) is 0. The third kappa shape index (κ3) is 5.04. The second kappa shape index (κ2) is 9.64. The smallest absolute Gasteiger partial charge is 0.254 e. The predicted molar refractivity (Wildman–Crippen MR) is 140 cm³/mol. The second-order valence-electron chi connectivity index (χ2n) is 10.9. The Kier molecular flexibility index (Phi) is 6.32. The van der Waals surface area contributed by atoms with Gasteiger partial charge in [-0.2, -0.15) is 0 Å². The lowest BCUT2D eigenvalue weighted by atomic mass is 10.1. The minimum Gasteiger partial charge on any atom is -0.439 e. The van der Waals surface area contributed by atoms with Crippen molar-refractivity contribution in [3.8, 4) is 11.6 Å². The Morgan fingerprint density at radius 2 is 1.92 bits per heavy atom. The quantitative estimate of drug-likeness (QED) is 0.473. The van der Waals surface area contributed by atoms with Gasteiger partial charge in [0.25, 0.3) is 5.91 Å². The van der Waals surface area contributed by atoms with Crippen molar-refractivity contribution in [3.63, 3.8) is 0 Å². The summed E-state index contributed by atoms with van der Waals surface area (Å²) in [5.74, 6) is 1.12.